The molecule has 1 aliphatic heterocycles. The minimum atomic E-state index is -5.08. The van der Waals surface area contributed by atoms with Crippen molar-refractivity contribution in [1.82, 2.24) is 20.7 Å². The number of alkyl halides is 6. The smallest absolute Gasteiger partial charge is 0.489 e. The van der Waals surface area contributed by atoms with E-state index in [4.69, 9.17) is 29.7 Å². The predicted octanol–water partition coefficient (Wildman–Crippen LogP) is 4.87. The Morgan fingerprint density at radius 1 is 0.959 bits per heavy atom. The van der Waals surface area contributed by atoms with Gasteiger partial charge in [0.05, 0.1) is 17.5 Å². The number of carbonyl (C=O) groups excluding carboxylic acids is 2. The normalized spacial score (nSPS) is 16.3. The number of likely N-dealkylation sites (N-methyl/N-ethyl adjacent to an activating group) is 1. The number of aromatic nitrogens is 1. The van der Waals surface area contributed by atoms with Crippen molar-refractivity contribution in [2.75, 3.05) is 19.6 Å². The number of halogens is 6. The fraction of sp³-hybridized carbons (Fsp3) is 0.387. The van der Waals surface area contributed by atoms with Gasteiger partial charge in [0.25, 0.3) is 5.91 Å². The molecule has 3 aromatic rings. The van der Waals surface area contributed by atoms with Gasteiger partial charge in [0.2, 0.25) is 5.91 Å². The van der Waals surface area contributed by atoms with Crippen LogP contribution in [0.4, 0.5) is 26.3 Å². The van der Waals surface area contributed by atoms with E-state index in [0.29, 0.717) is 30.9 Å². The number of hydrogen-bond donors (Lipinski definition) is 5. The minimum Gasteiger partial charge on any atom is -0.489 e. The molecule has 0 spiro atoms. The van der Waals surface area contributed by atoms with Crippen LogP contribution in [0.5, 0.6) is 5.75 Å². The number of pyridine rings is 1. The first kappa shape index (κ1) is 40.2. The van der Waals surface area contributed by atoms with E-state index in [1.807, 2.05) is 37.3 Å². The van der Waals surface area contributed by atoms with E-state index in [9.17, 15) is 35.9 Å². The number of ether oxygens (including phenoxy) is 1. The number of aliphatic carboxylic acids is 2. The summed E-state index contributed by atoms with van der Waals surface area (Å²) in [4.78, 5) is 49.6. The zero-order valence-corrected chi connectivity index (χ0v) is 26.2. The Kier molecular flexibility index (Phi) is 14.3. The van der Waals surface area contributed by atoms with Gasteiger partial charge in [0.1, 0.15) is 12.4 Å². The van der Waals surface area contributed by atoms with Gasteiger partial charge in [-0.3, -0.25) is 19.8 Å². The summed E-state index contributed by atoms with van der Waals surface area (Å²) in [6, 6.07) is 17.0. The highest BCUT2D eigenvalue weighted by atomic mass is 19.4. The number of hydroxylamine groups is 1. The SMILES string of the molecule is CCN1CCCC(CC(=O)NO)(NC(=O)c2ccc(OCc3cc(C)nc4ccccc34)cc2)C1.O=C(O)C(F)(F)F.O=C(O)C(F)(F)F. The average molecular weight is 705 g/mol. The number of likely N-dealkylation sites (tertiary alicyclic amines) is 1. The maximum Gasteiger partial charge on any atom is 0.490 e. The van der Waals surface area contributed by atoms with Crippen LogP contribution in [0.25, 0.3) is 10.9 Å². The lowest BCUT2D eigenvalue weighted by atomic mass is 9.85. The fourth-order valence-corrected chi connectivity index (χ4v) is 4.83. The number of aryl methyl sites for hydroxylation is 1. The van der Waals surface area contributed by atoms with Crippen LogP contribution in [0.1, 0.15) is 47.8 Å². The van der Waals surface area contributed by atoms with E-state index in [-0.39, 0.29) is 12.3 Å². The molecular weight excluding hydrogens is 670 g/mol. The number of benzene rings is 2. The first-order valence-corrected chi connectivity index (χ1v) is 14.5. The summed E-state index contributed by atoms with van der Waals surface area (Å²) in [7, 11) is 0. The van der Waals surface area contributed by atoms with Crippen LogP contribution in [-0.2, 0) is 21.0 Å². The number of rotatable bonds is 8. The van der Waals surface area contributed by atoms with Crippen LogP contribution in [0.15, 0.2) is 54.6 Å². The lowest BCUT2D eigenvalue weighted by molar-refractivity contribution is -0.193. The Morgan fingerprint density at radius 3 is 2.06 bits per heavy atom. The molecule has 1 aliphatic rings. The number of hydrogen-bond acceptors (Lipinski definition) is 8. The van der Waals surface area contributed by atoms with Crippen molar-refractivity contribution in [2.45, 2.75) is 57.6 Å². The van der Waals surface area contributed by atoms with Gasteiger partial charge in [-0.1, -0.05) is 25.1 Å². The van der Waals surface area contributed by atoms with Gasteiger partial charge in [-0.05, 0) is 69.3 Å². The summed E-state index contributed by atoms with van der Waals surface area (Å²) in [5.74, 6) is -5.62. The Bertz CT molecular complexity index is 1580. The molecule has 5 N–H and O–H groups in total. The van der Waals surface area contributed by atoms with Gasteiger partial charge in [-0.15, -0.1) is 0 Å². The third kappa shape index (κ3) is 12.9. The van der Waals surface area contributed by atoms with Crippen LogP contribution < -0.4 is 15.5 Å². The number of nitrogens with one attached hydrogen (secondary N) is 2. The highest BCUT2D eigenvalue weighted by Gasteiger charge is 2.40. The quantitative estimate of drug-likeness (QED) is 0.124. The van der Waals surface area contributed by atoms with Crippen LogP contribution in [0.3, 0.4) is 0 Å². The van der Waals surface area contributed by atoms with Gasteiger partial charge in [-0.25, -0.2) is 15.1 Å². The van der Waals surface area contributed by atoms with Crippen molar-refractivity contribution in [2.24, 2.45) is 0 Å². The van der Waals surface area contributed by atoms with Crippen LogP contribution in [0.2, 0.25) is 0 Å². The summed E-state index contributed by atoms with van der Waals surface area (Å²) < 4.78 is 69.5. The molecule has 2 aromatic carbocycles. The minimum absolute atomic E-state index is 0.0201. The topological polar surface area (TPSA) is 178 Å². The number of para-hydroxylation sites is 1. The van der Waals surface area contributed by atoms with Gasteiger partial charge in [0, 0.05) is 28.8 Å². The Balaban J connectivity index is 0.000000500. The molecule has 2 heterocycles. The standard InChI is InChI=1S/C27H32N4O4.2C2HF3O2/c1-3-31-14-6-13-27(18-31,16-25(32)30-34)29-26(33)20-9-11-22(12-10-20)35-17-21-15-19(2)28-24-8-5-4-7-23(21)24;2*3-2(4,5)1(6)7/h4-5,7-12,15,34H,3,6,13-14,16-18H2,1-2H3,(H,29,33)(H,30,32);2*(H,6,7). The number of piperidine rings is 1. The molecule has 1 aromatic heterocycles. The van der Waals surface area contributed by atoms with E-state index in [1.54, 1.807) is 29.7 Å². The molecule has 4 rings (SSSR count). The zero-order chi connectivity index (χ0) is 37.0. The van der Waals surface area contributed by atoms with Crippen molar-refractivity contribution in [3.05, 3.63) is 71.4 Å². The monoisotopic (exact) mass is 704 g/mol. The highest BCUT2D eigenvalue weighted by Crippen LogP contribution is 2.26. The van der Waals surface area contributed by atoms with Crippen molar-refractivity contribution in [1.29, 1.82) is 0 Å². The average Bonchev–Trinajstić information content (AvgIpc) is 3.03. The number of fused-ring (bicyclic) bond motifs is 1. The molecule has 0 aliphatic carbocycles. The Labute approximate surface area is 275 Å². The molecular formula is C31H34F6N4O8. The number of nitrogens with zero attached hydrogens (tertiary/aromatic N) is 2. The van der Waals surface area contributed by atoms with E-state index in [1.165, 1.54) is 0 Å². The van der Waals surface area contributed by atoms with E-state index >= 15 is 0 Å². The molecule has 0 saturated carbocycles. The molecule has 49 heavy (non-hydrogen) atoms. The summed E-state index contributed by atoms with van der Waals surface area (Å²) in [6.45, 7) is 6.72. The molecule has 268 valence electrons. The molecule has 18 heteroatoms. The predicted molar refractivity (Wildman–Crippen MR) is 161 cm³/mol. The second-order valence-corrected chi connectivity index (χ2v) is 10.8. The van der Waals surface area contributed by atoms with Crippen molar-refractivity contribution < 1.29 is 65.7 Å². The first-order valence-electron chi connectivity index (χ1n) is 14.5. The molecule has 1 unspecified atom stereocenters. The van der Waals surface area contributed by atoms with E-state index in [0.717, 1.165) is 41.7 Å². The van der Waals surface area contributed by atoms with Crippen LogP contribution >= 0.6 is 0 Å². The largest absolute Gasteiger partial charge is 0.490 e. The number of carbonyl (C=O) groups is 4. The van der Waals surface area contributed by atoms with Crippen LogP contribution in [-0.4, -0.2) is 86.6 Å². The van der Waals surface area contributed by atoms with E-state index < -0.39 is 35.7 Å². The maximum atomic E-state index is 13.1. The molecule has 1 atom stereocenters. The van der Waals surface area contributed by atoms with E-state index in [2.05, 4.69) is 22.1 Å². The Hall–Kier alpha value is -4.97. The highest BCUT2D eigenvalue weighted by molar-refractivity contribution is 5.95. The van der Waals surface area contributed by atoms with Gasteiger partial charge in [-0.2, -0.15) is 26.3 Å². The third-order valence-electron chi connectivity index (χ3n) is 7.03. The van der Waals surface area contributed by atoms with Gasteiger partial charge >= 0.3 is 24.3 Å². The number of amides is 2. The summed E-state index contributed by atoms with van der Waals surface area (Å²) >= 11 is 0. The molecule has 0 bridgehead atoms. The fourth-order valence-electron chi connectivity index (χ4n) is 4.83. The summed E-state index contributed by atoms with van der Waals surface area (Å²) in [6.07, 6.45) is -8.61. The summed E-state index contributed by atoms with van der Waals surface area (Å²) in [5.41, 5.74) is 4.38. The van der Waals surface area contributed by atoms with Gasteiger partial charge in [0.15, 0.2) is 0 Å². The van der Waals surface area contributed by atoms with Crippen molar-refractivity contribution in [3.8, 4) is 5.75 Å². The molecule has 12 nitrogen and oxygen atoms in total. The second kappa shape index (κ2) is 17.4. The number of carboxylic acid groups (broad SMARTS) is 2. The summed E-state index contributed by atoms with van der Waals surface area (Å²) in [5, 5.41) is 27.4. The molecule has 1 fully saturated rings. The lowest BCUT2D eigenvalue weighted by Crippen LogP contribution is -2.60. The van der Waals surface area contributed by atoms with Crippen LogP contribution in [0, 0.1) is 6.92 Å². The third-order valence-corrected chi connectivity index (χ3v) is 7.03. The zero-order valence-electron chi connectivity index (χ0n) is 26.2. The molecule has 0 radical (unpaired) electrons. The molecule has 2 amide bonds. The van der Waals surface area contributed by atoms with Gasteiger partial charge < -0.3 is 25.2 Å². The molecule has 1 saturated heterocycles. The van der Waals surface area contributed by atoms with Crippen molar-refractivity contribution in [3.63, 3.8) is 0 Å². The first-order chi connectivity index (χ1) is 22.8. The number of carboxylic acids is 2. The lowest BCUT2D eigenvalue weighted by Gasteiger charge is -2.42. The van der Waals surface area contributed by atoms with Crippen molar-refractivity contribution >= 4 is 34.7 Å². The second-order valence-electron chi connectivity index (χ2n) is 10.8. The maximum absolute atomic E-state index is 13.1. The Morgan fingerprint density at radius 2 is 1.53 bits per heavy atom.